The molecule has 1 aliphatic rings. The van der Waals surface area contributed by atoms with Crippen molar-refractivity contribution in [2.24, 2.45) is 11.7 Å². The molecular weight excluding hydrogens is 320 g/mol. The van der Waals surface area contributed by atoms with Gasteiger partial charge in [-0.25, -0.2) is 13.1 Å². The Bertz CT molecular complexity index is 594. The second-order valence-corrected chi connectivity index (χ2v) is 7.89. The number of hydrogen-bond donors (Lipinski definition) is 2. The molecule has 0 amide bonds. The van der Waals surface area contributed by atoms with E-state index in [9.17, 15) is 8.42 Å². The largest absolute Gasteiger partial charge is 0.330 e. The maximum atomic E-state index is 12.8. The lowest BCUT2D eigenvalue weighted by molar-refractivity contribution is 0.296. The minimum absolute atomic E-state index is 0. The van der Waals surface area contributed by atoms with Crippen molar-refractivity contribution in [3.05, 3.63) is 28.8 Å². The van der Waals surface area contributed by atoms with Crippen molar-refractivity contribution in [2.45, 2.75) is 57.4 Å². The summed E-state index contributed by atoms with van der Waals surface area (Å²) in [7, 11) is -3.49. The molecule has 2 unspecified atom stereocenters. The van der Waals surface area contributed by atoms with E-state index in [2.05, 4.69) is 4.72 Å². The molecule has 1 aromatic carbocycles. The van der Waals surface area contributed by atoms with Crippen molar-refractivity contribution in [1.29, 1.82) is 0 Å². The number of sulfonamides is 1. The smallest absolute Gasteiger partial charge is 0.241 e. The van der Waals surface area contributed by atoms with Crippen LogP contribution in [0.25, 0.3) is 0 Å². The van der Waals surface area contributed by atoms with E-state index in [4.69, 9.17) is 5.73 Å². The second-order valence-electron chi connectivity index (χ2n) is 6.24. The molecule has 2 atom stereocenters. The minimum Gasteiger partial charge on any atom is -0.330 e. The first kappa shape index (κ1) is 19.4. The maximum absolute atomic E-state index is 12.8. The molecule has 1 aromatic rings. The number of nitrogens with two attached hydrogens (primary N) is 1. The molecule has 0 bridgehead atoms. The Morgan fingerprint density at radius 3 is 2.23 bits per heavy atom. The van der Waals surface area contributed by atoms with E-state index in [1.165, 1.54) is 0 Å². The van der Waals surface area contributed by atoms with Crippen LogP contribution in [0.3, 0.4) is 0 Å². The van der Waals surface area contributed by atoms with Gasteiger partial charge in [0.2, 0.25) is 10.0 Å². The molecule has 2 rings (SSSR count). The average molecular weight is 347 g/mol. The molecule has 0 aliphatic heterocycles. The van der Waals surface area contributed by atoms with Gasteiger partial charge in [0.25, 0.3) is 0 Å². The number of nitrogens with one attached hydrogen (secondary N) is 1. The monoisotopic (exact) mass is 346 g/mol. The standard InChI is InChI=1S/C16H26N2O2S.ClH/c1-11-8-12(2)16(13(3)9-11)21(19,20)18-15-7-5-4-6-14(15)10-17;/h8-9,14-15,18H,4-7,10,17H2,1-3H3;1H. The van der Waals surface area contributed by atoms with Crippen molar-refractivity contribution in [1.82, 2.24) is 4.72 Å². The molecule has 1 aliphatic carbocycles. The Morgan fingerprint density at radius 2 is 1.68 bits per heavy atom. The van der Waals surface area contributed by atoms with Gasteiger partial charge in [-0.15, -0.1) is 12.4 Å². The summed E-state index contributed by atoms with van der Waals surface area (Å²) in [6.07, 6.45) is 4.10. The van der Waals surface area contributed by atoms with E-state index in [0.29, 0.717) is 11.4 Å². The Morgan fingerprint density at radius 1 is 1.14 bits per heavy atom. The van der Waals surface area contributed by atoms with Crippen LogP contribution >= 0.6 is 12.4 Å². The summed E-state index contributed by atoms with van der Waals surface area (Å²) < 4.78 is 28.4. The lowest BCUT2D eigenvalue weighted by atomic mass is 9.85. The zero-order valence-corrected chi connectivity index (χ0v) is 15.2. The minimum atomic E-state index is -3.49. The van der Waals surface area contributed by atoms with Gasteiger partial charge < -0.3 is 5.73 Å². The molecule has 22 heavy (non-hydrogen) atoms. The second kappa shape index (κ2) is 7.77. The van der Waals surface area contributed by atoms with Crippen molar-refractivity contribution in [3.8, 4) is 0 Å². The molecule has 0 saturated heterocycles. The van der Waals surface area contributed by atoms with E-state index in [1.807, 2.05) is 32.9 Å². The van der Waals surface area contributed by atoms with E-state index < -0.39 is 10.0 Å². The SMILES string of the molecule is Cc1cc(C)c(S(=O)(=O)NC2CCCCC2CN)c(C)c1.Cl. The first-order valence-electron chi connectivity index (χ1n) is 7.65. The van der Waals surface area contributed by atoms with Gasteiger partial charge in [-0.1, -0.05) is 30.5 Å². The molecule has 0 heterocycles. The van der Waals surface area contributed by atoms with Crippen molar-refractivity contribution in [3.63, 3.8) is 0 Å². The van der Waals surface area contributed by atoms with Gasteiger partial charge in [0.1, 0.15) is 0 Å². The summed E-state index contributed by atoms with van der Waals surface area (Å²) in [6, 6.07) is 3.81. The van der Waals surface area contributed by atoms with E-state index in [-0.39, 0.29) is 24.4 Å². The van der Waals surface area contributed by atoms with Crippen LogP contribution in [0.2, 0.25) is 0 Å². The fourth-order valence-corrected chi connectivity index (χ4v) is 5.29. The number of aryl methyl sites for hydroxylation is 3. The molecule has 126 valence electrons. The van der Waals surface area contributed by atoms with E-state index in [0.717, 1.165) is 42.4 Å². The highest BCUT2D eigenvalue weighted by Gasteiger charge is 2.30. The predicted molar refractivity (Wildman–Crippen MR) is 93.0 cm³/mol. The summed E-state index contributed by atoms with van der Waals surface area (Å²) >= 11 is 0. The summed E-state index contributed by atoms with van der Waals surface area (Å²) in [5.74, 6) is 0.250. The molecule has 3 N–H and O–H groups in total. The lowest BCUT2D eigenvalue weighted by Crippen LogP contribution is -2.44. The zero-order chi connectivity index (χ0) is 15.6. The molecule has 1 fully saturated rings. The van der Waals surface area contributed by atoms with Crippen molar-refractivity contribution >= 4 is 22.4 Å². The van der Waals surface area contributed by atoms with Crippen LogP contribution < -0.4 is 10.5 Å². The number of rotatable bonds is 4. The normalized spacial score (nSPS) is 22.2. The van der Waals surface area contributed by atoms with Crippen molar-refractivity contribution < 1.29 is 8.42 Å². The molecule has 4 nitrogen and oxygen atoms in total. The molecule has 0 radical (unpaired) electrons. The van der Waals surface area contributed by atoms with Crippen LogP contribution in [0, 0.1) is 26.7 Å². The highest BCUT2D eigenvalue weighted by atomic mass is 35.5. The van der Waals surface area contributed by atoms with Gasteiger partial charge >= 0.3 is 0 Å². The van der Waals surface area contributed by atoms with Crippen LogP contribution in [-0.4, -0.2) is 21.0 Å². The van der Waals surface area contributed by atoms with Gasteiger partial charge in [-0.05, 0) is 57.2 Å². The first-order valence-corrected chi connectivity index (χ1v) is 9.13. The van der Waals surface area contributed by atoms with Crippen molar-refractivity contribution in [2.75, 3.05) is 6.54 Å². The number of hydrogen-bond acceptors (Lipinski definition) is 3. The van der Waals surface area contributed by atoms with Gasteiger partial charge in [0, 0.05) is 6.04 Å². The third-order valence-electron chi connectivity index (χ3n) is 4.39. The first-order chi connectivity index (χ1) is 9.85. The van der Waals surface area contributed by atoms with E-state index in [1.54, 1.807) is 0 Å². The van der Waals surface area contributed by atoms with Crippen LogP contribution in [-0.2, 0) is 10.0 Å². The third-order valence-corrected chi connectivity index (χ3v) is 6.19. The number of halogens is 1. The average Bonchev–Trinajstić information content (AvgIpc) is 2.37. The highest BCUT2D eigenvalue weighted by molar-refractivity contribution is 7.89. The molecule has 6 heteroatoms. The Balaban J connectivity index is 0.00000242. The van der Waals surface area contributed by atoms with Gasteiger partial charge in [-0.3, -0.25) is 0 Å². The molecule has 0 spiro atoms. The Labute approximate surface area is 140 Å². The van der Waals surface area contributed by atoms with E-state index >= 15 is 0 Å². The van der Waals surface area contributed by atoms with Crippen LogP contribution in [0.4, 0.5) is 0 Å². The molecule has 1 saturated carbocycles. The summed E-state index contributed by atoms with van der Waals surface area (Å²) in [4.78, 5) is 0.425. The highest BCUT2D eigenvalue weighted by Crippen LogP contribution is 2.27. The third kappa shape index (κ3) is 4.22. The lowest BCUT2D eigenvalue weighted by Gasteiger charge is -2.31. The zero-order valence-electron chi connectivity index (χ0n) is 13.6. The fraction of sp³-hybridized carbons (Fsp3) is 0.625. The van der Waals surface area contributed by atoms with Crippen LogP contribution in [0.15, 0.2) is 17.0 Å². The van der Waals surface area contributed by atoms with Gasteiger partial charge in [-0.2, -0.15) is 0 Å². The summed E-state index contributed by atoms with van der Waals surface area (Å²) in [6.45, 7) is 6.24. The Hall–Kier alpha value is -0.620. The molecule has 0 aromatic heterocycles. The van der Waals surface area contributed by atoms with Crippen LogP contribution in [0.5, 0.6) is 0 Å². The quantitative estimate of drug-likeness (QED) is 0.880. The van der Waals surface area contributed by atoms with Gasteiger partial charge in [0.05, 0.1) is 4.90 Å². The topological polar surface area (TPSA) is 72.2 Å². The Kier molecular flexibility index (Phi) is 6.86. The van der Waals surface area contributed by atoms with Gasteiger partial charge in [0.15, 0.2) is 0 Å². The fourth-order valence-electron chi connectivity index (χ4n) is 3.49. The summed E-state index contributed by atoms with van der Waals surface area (Å²) in [5, 5.41) is 0. The maximum Gasteiger partial charge on any atom is 0.241 e. The molecular formula is C16H27ClN2O2S. The number of benzene rings is 1. The predicted octanol–water partition coefficient (Wildman–Crippen LogP) is 2.83. The van der Waals surface area contributed by atoms with Crippen LogP contribution in [0.1, 0.15) is 42.4 Å². The summed E-state index contributed by atoms with van der Waals surface area (Å²) in [5.41, 5.74) is 8.49.